The van der Waals surface area contributed by atoms with Crippen molar-refractivity contribution in [3.63, 3.8) is 0 Å². The van der Waals surface area contributed by atoms with E-state index >= 15 is 0 Å². The molecule has 9 nitrogen and oxygen atoms in total. The quantitative estimate of drug-likeness (QED) is 0.741. The summed E-state index contributed by atoms with van der Waals surface area (Å²) in [7, 11) is -2.00. The summed E-state index contributed by atoms with van der Waals surface area (Å²) in [4.78, 5) is 8.24. The predicted molar refractivity (Wildman–Crippen MR) is 87.0 cm³/mol. The zero-order chi connectivity index (χ0) is 17.0. The molecule has 3 heterocycles. The maximum atomic E-state index is 12.5. The minimum Gasteiger partial charge on any atom is -0.383 e. The van der Waals surface area contributed by atoms with Gasteiger partial charge in [-0.05, 0) is 25.0 Å². The lowest BCUT2D eigenvalue weighted by Gasteiger charge is -2.23. The number of aromatic amines is 1. The lowest BCUT2D eigenvalue weighted by molar-refractivity contribution is 0.148. The van der Waals surface area contributed by atoms with Crippen LogP contribution in [0.25, 0.3) is 11.4 Å². The third-order valence-electron chi connectivity index (χ3n) is 3.88. The first-order chi connectivity index (χ1) is 11.6. The molecule has 130 valence electrons. The molecular weight excluding hydrogens is 332 g/mol. The number of rotatable bonds is 7. The van der Waals surface area contributed by atoms with E-state index in [4.69, 9.17) is 4.74 Å². The summed E-state index contributed by atoms with van der Waals surface area (Å²) < 4.78 is 34.0. The summed E-state index contributed by atoms with van der Waals surface area (Å²) in [5.74, 6) is 0.956. The molecule has 2 N–H and O–H groups in total. The van der Waals surface area contributed by atoms with Gasteiger partial charge in [0.1, 0.15) is 5.82 Å². The monoisotopic (exact) mass is 352 g/mol. The van der Waals surface area contributed by atoms with E-state index in [0.29, 0.717) is 24.8 Å². The largest absolute Gasteiger partial charge is 0.383 e. The lowest BCUT2D eigenvalue weighted by Crippen LogP contribution is -2.44. The van der Waals surface area contributed by atoms with Gasteiger partial charge < -0.3 is 4.74 Å². The molecule has 3 rings (SSSR count). The summed E-state index contributed by atoms with van der Waals surface area (Å²) >= 11 is 0. The van der Waals surface area contributed by atoms with Gasteiger partial charge in [0, 0.05) is 37.7 Å². The zero-order valence-corrected chi connectivity index (χ0v) is 14.2. The Kier molecular flexibility index (Phi) is 5.19. The molecule has 1 atom stereocenters. The molecule has 0 aliphatic carbocycles. The van der Waals surface area contributed by atoms with Crippen LogP contribution in [0.15, 0.2) is 24.5 Å². The van der Waals surface area contributed by atoms with Gasteiger partial charge in [0.2, 0.25) is 0 Å². The van der Waals surface area contributed by atoms with Crippen molar-refractivity contribution in [2.75, 3.05) is 20.3 Å². The average Bonchev–Trinajstić information content (AvgIpc) is 3.24. The van der Waals surface area contributed by atoms with Crippen molar-refractivity contribution < 1.29 is 13.2 Å². The highest BCUT2D eigenvalue weighted by Gasteiger charge is 2.33. The van der Waals surface area contributed by atoms with E-state index in [2.05, 4.69) is 24.9 Å². The van der Waals surface area contributed by atoms with Crippen LogP contribution >= 0.6 is 0 Å². The van der Waals surface area contributed by atoms with Gasteiger partial charge in [-0.3, -0.25) is 10.1 Å². The van der Waals surface area contributed by atoms with E-state index < -0.39 is 10.2 Å². The molecule has 0 bridgehead atoms. The molecule has 2 aromatic rings. The molecule has 0 aromatic carbocycles. The molecule has 0 amide bonds. The van der Waals surface area contributed by atoms with E-state index in [1.807, 2.05) is 0 Å². The van der Waals surface area contributed by atoms with Crippen LogP contribution < -0.4 is 4.72 Å². The van der Waals surface area contributed by atoms with Crippen LogP contribution in [-0.4, -0.2) is 59.2 Å². The second-order valence-electron chi connectivity index (χ2n) is 5.53. The van der Waals surface area contributed by atoms with Crippen molar-refractivity contribution >= 4 is 10.2 Å². The van der Waals surface area contributed by atoms with Crippen LogP contribution in [0.5, 0.6) is 0 Å². The zero-order valence-electron chi connectivity index (χ0n) is 13.3. The molecule has 0 spiro atoms. The number of ether oxygens (including phenoxy) is 1. The van der Waals surface area contributed by atoms with Gasteiger partial charge in [-0.2, -0.15) is 22.5 Å². The second-order valence-corrected chi connectivity index (χ2v) is 7.24. The fourth-order valence-corrected chi connectivity index (χ4v) is 4.14. The summed E-state index contributed by atoms with van der Waals surface area (Å²) in [6.07, 6.45) is 4.95. The Bertz CT molecular complexity index is 764. The molecule has 0 radical (unpaired) electrons. The van der Waals surface area contributed by atoms with E-state index in [0.717, 1.165) is 18.4 Å². The number of hydrogen-bond donors (Lipinski definition) is 2. The molecule has 1 unspecified atom stereocenters. The fourth-order valence-electron chi connectivity index (χ4n) is 2.73. The Morgan fingerprint density at radius 2 is 2.21 bits per heavy atom. The van der Waals surface area contributed by atoms with Crippen LogP contribution in [0.3, 0.4) is 0 Å². The number of nitrogens with zero attached hydrogens (tertiary/aromatic N) is 4. The Labute approximate surface area is 140 Å². The Hall–Kier alpha value is -1.88. The molecule has 0 saturated carbocycles. The summed E-state index contributed by atoms with van der Waals surface area (Å²) in [6.45, 7) is 0.952. The van der Waals surface area contributed by atoms with Crippen molar-refractivity contribution in [3.8, 4) is 11.4 Å². The Balaban J connectivity index is 1.64. The standard InChI is InChI=1S/C14H20N6O3S/c1-23-10-12-3-2-8-20(12)24(21,22)16-9-13-17-14(19-18-13)11-4-6-15-7-5-11/h4-7,12,16H,2-3,8-10H2,1H3,(H,17,18,19). The number of nitrogens with one attached hydrogen (secondary N) is 2. The maximum Gasteiger partial charge on any atom is 0.280 e. The Morgan fingerprint density at radius 3 is 2.96 bits per heavy atom. The van der Waals surface area contributed by atoms with E-state index in [-0.39, 0.29) is 12.6 Å². The van der Waals surface area contributed by atoms with Crippen molar-refractivity contribution in [1.82, 2.24) is 29.2 Å². The van der Waals surface area contributed by atoms with Crippen LogP contribution in [0.1, 0.15) is 18.7 Å². The van der Waals surface area contributed by atoms with Gasteiger partial charge in [-0.1, -0.05) is 0 Å². The second kappa shape index (κ2) is 7.34. The first kappa shape index (κ1) is 17.0. The van der Waals surface area contributed by atoms with Crippen LogP contribution in [0.2, 0.25) is 0 Å². The molecule has 1 aliphatic rings. The highest BCUT2D eigenvalue weighted by Crippen LogP contribution is 2.20. The lowest BCUT2D eigenvalue weighted by atomic mass is 10.2. The minimum atomic E-state index is -3.58. The van der Waals surface area contributed by atoms with E-state index in [1.165, 1.54) is 4.31 Å². The summed E-state index contributed by atoms with van der Waals surface area (Å²) in [6, 6.07) is 3.46. The average molecular weight is 352 g/mol. The molecule has 2 aromatic heterocycles. The van der Waals surface area contributed by atoms with Crippen molar-refractivity contribution in [2.24, 2.45) is 0 Å². The molecule has 1 aliphatic heterocycles. The van der Waals surface area contributed by atoms with Gasteiger partial charge in [-0.25, -0.2) is 4.98 Å². The van der Waals surface area contributed by atoms with Crippen LogP contribution in [0.4, 0.5) is 0 Å². The van der Waals surface area contributed by atoms with Gasteiger partial charge in [0.25, 0.3) is 10.2 Å². The topological polar surface area (TPSA) is 113 Å². The minimum absolute atomic E-state index is 0.0522. The number of pyridine rings is 1. The number of methoxy groups -OCH3 is 1. The Morgan fingerprint density at radius 1 is 1.42 bits per heavy atom. The first-order valence-electron chi connectivity index (χ1n) is 7.67. The number of hydrogen-bond acceptors (Lipinski definition) is 6. The summed E-state index contributed by atoms with van der Waals surface area (Å²) in [5.41, 5.74) is 0.815. The SMILES string of the molecule is COCC1CCCN1S(=O)(=O)NCc1nc(-c2ccncc2)n[nH]1. The van der Waals surface area contributed by atoms with Gasteiger partial charge in [-0.15, -0.1) is 0 Å². The number of aromatic nitrogens is 4. The van der Waals surface area contributed by atoms with Crippen molar-refractivity contribution in [1.29, 1.82) is 0 Å². The van der Waals surface area contributed by atoms with Crippen LogP contribution in [-0.2, 0) is 21.5 Å². The molecule has 1 saturated heterocycles. The predicted octanol–water partition coefficient (Wildman–Crippen LogP) is 0.312. The van der Waals surface area contributed by atoms with Crippen molar-refractivity contribution in [3.05, 3.63) is 30.4 Å². The van der Waals surface area contributed by atoms with Gasteiger partial charge in [0.15, 0.2) is 5.82 Å². The first-order valence-corrected chi connectivity index (χ1v) is 9.11. The maximum absolute atomic E-state index is 12.5. The fraction of sp³-hybridized carbons (Fsp3) is 0.500. The van der Waals surface area contributed by atoms with Crippen LogP contribution in [0, 0.1) is 0 Å². The third-order valence-corrected chi connectivity index (χ3v) is 5.49. The smallest absolute Gasteiger partial charge is 0.280 e. The molecule has 24 heavy (non-hydrogen) atoms. The summed E-state index contributed by atoms with van der Waals surface area (Å²) in [5, 5.41) is 6.85. The normalized spacial score (nSPS) is 19.0. The molecular formula is C14H20N6O3S. The van der Waals surface area contributed by atoms with Gasteiger partial charge in [0.05, 0.1) is 13.2 Å². The number of H-pyrrole nitrogens is 1. The molecule has 10 heteroatoms. The highest BCUT2D eigenvalue weighted by molar-refractivity contribution is 7.87. The van der Waals surface area contributed by atoms with E-state index in [1.54, 1.807) is 31.6 Å². The van der Waals surface area contributed by atoms with E-state index in [9.17, 15) is 8.42 Å². The molecule has 1 fully saturated rings. The highest BCUT2D eigenvalue weighted by atomic mass is 32.2. The van der Waals surface area contributed by atoms with Crippen molar-refractivity contribution in [2.45, 2.75) is 25.4 Å². The van der Waals surface area contributed by atoms with Gasteiger partial charge >= 0.3 is 0 Å². The third kappa shape index (κ3) is 3.78.